The number of Topliss-reactive ketones (excluding diaryl/α,β-unsaturated/α-hetero) is 1. The van der Waals surface area contributed by atoms with E-state index in [1.807, 2.05) is 0 Å². The third-order valence-corrected chi connectivity index (χ3v) is 5.50. The molecular weight excluding hydrogens is 454 g/mol. The second-order valence-corrected chi connectivity index (χ2v) is 7.50. The van der Waals surface area contributed by atoms with Crippen LogP contribution in [0.3, 0.4) is 0 Å². The molecule has 0 bridgehead atoms. The van der Waals surface area contributed by atoms with Gasteiger partial charge in [-0.05, 0) is 55.7 Å². The average molecular weight is 468 g/mol. The van der Waals surface area contributed by atoms with Gasteiger partial charge in [0.05, 0.1) is 0 Å². The Balaban J connectivity index is 1.99. The molecule has 0 amide bonds. The Bertz CT molecular complexity index is 789. The quantitative estimate of drug-likeness (QED) is 0.448. The lowest BCUT2D eigenvalue weighted by Gasteiger charge is -2.17. The van der Waals surface area contributed by atoms with Crippen molar-refractivity contribution in [2.75, 3.05) is 0 Å². The molecule has 2 aromatic carbocycles. The van der Waals surface area contributed by atoms with Gasteiger partial charge in [-0.2, -0.15) is 0 Å². The van der Waals surface area contributed by atoms with Crippen LogP contribution in [0.4, 0.5) is 8.78 Å². The van der Waals surface area contributed by atoms with E-state index in [-0.39, 0.29) is 17.4 Å². The molecule has 3 rings (SSSR count). The van der Waals surface area contributed by atoms with Crippen molar-refractivity contribution in [1.29, 1.82) is 0 Å². The van der Waals surface area contributed by atoms with Gasteiger partial charge in [0.2, 0.25) is 0 Å². The molecule has 0 unspecified atom stereocenters. The van der Waals surface area contributed by atoms with Crippen LogP contribution in [0, 0.1) is 11.6 Å². The van der Waals surface area contributed by atoms with E-state index in [1.165, 1.54) is 12.1 Å². The standard InChI is InChI=1S/C20H14Br2F2O/c21-16-6-2-8-18(23)14(16)10-12-4-1-5-13(20(12)25)11-15-17(22)7-3-9-19(15)24/h2-3,6-11H,1,4-5H2/b12-10+,13-11+. The fourth-order valence-corrected chi connectivity index (χ4v) is 3.74. The smallest absolute Gasteiger partial charge is 0.185 e. The summed E-state index contributed by atoms with van der Waals surface area (Å²) in [4.78, 5) is 12.8. The van der Waals surface area contributed by atoms with Gasteiger partial charge in [-0.25, -0.2) is 8.78 Å². The Kier molecular flexibility index (Phi) is 5.64. The van der Waals surface area contributed by atoms with Gasteiger partial charge < -0.3 is 0 Å². The third kappa shape index (κ3) is 3.98. The lowest BCUT2D eigenvalue weighted by atomic mass is 9.86. The monoisotopic (exact) mass is 466 g/mol. The molecule has 5 heteroatoms. The predicted octanol–water partition coefficient (Wildman–Crippen LogP) is 6.71. The molecule has 0 radical (unpaired) electrons. The van der Waals surface area contributed by atoms with Crippen molar-refractivity contribution >= 4 is 49.8 Å². The Labute approximate surface area is 161 Å². The normalized spacial score (nSPS) is 18.2. The van der Waals surface area contributed by atoms with Crippen molar-refractivity contribution in [1.82, 2.24) is 0 Å². The number of hydrogen-bond donors (Lipinski definition) is 0. The molecule has 1 saturated carbocycles. The molecule has 0 N–H and O–H groups in total. The Morgan fingerprint density at radius 1 is 0.800 bits per heavy atom. The highest BCUT2D eigenvalue weighted by Crippen LogP contribution is 2.32. The van der Waals surface area contributed by atoms with Crippen LogP contribution in [0.5, 0.6) is 0 Å². The van der Waals surface area contributed by atoms with Gasteiger partial charge in [-0.1, -0.05) is 44.0 Å². The van der Waals surface area contributed by atoms with Gasteiger partial charge in [-0.3, -0.25) is 4.79 Å². The zero-order valence-electron chi connectivity index (χ0n) is 13.2. The molecule has 2 aromatic rings. The van der Waals surface area contributed by atoms with Gasteiger partial charge in [0.15, 0.2) is 5.78 Å². The first-order chi connectivity index (χ1) is 12.0. The number of halogens is 4. The minimum Gasteiger partial charge on any atom is -0.289 e. The van der Waals surface area contributed by atoms with Crippen LogP contribution < -0.4 is 0 Å². The van der Waals surface area contributed by atoms with Gasteiger partial charge in [0.1, 0.15) is 11.6 Å². The number of benzene rings is 2. The van der Waals surface area contributed by atoms with Gasteiger partial charge in [-0.15, -0.1) is 0 Å². The number of carbonyl (C=O) groups is 1. The van der Waals surface area contributed by atoms with E-state index in [2.05, 4.69) is 31.9 Å². The zero-order chi connectivity index (χ0) is 18.0. The summed E-state index contributed by atoms with van der Waals surface area (Å²) < 4.78 is 29.2. The van der Waals surface area contributed by atoms with Crippen LogP contribution in [-0.4, -0.2) is 5.78 Å². The first kappa shape index (κ1) is 18.2. The molecule has 0 spiro atoms. The number of rotatable bonds is 2. The molecular formula is C20H14Br2F2O. The average Bonchev–Trinajstić information content (AvgIpc) is 2.57. The number of hydrogen-bond acceptors (Lipinski definition) is 1. The molecule has 1 aliphatic rings. The van der Waals surface area contributed by atoms with E-state index < -0.39 is 0 Å². The molecule has 0 atom stereocenters. The van der Waals surface area contributed by atoms with Crippen LogP contribution >= 0.6 is 31.9 Å². The van der Waals surface area contributed by atoms with Gasteiger partial charge >= 0.3 is 0 Å². The molecule has 0 heterocycles. The highest BCUT2D eigenvalue weighted by molar-refractivity contribution is 9.10. The summed E-state index contributed by atoms with van der Waals surface area (Å²) in [7, 11) is 0. The Morgan fingerprint density at radius 3 is 1.64 bits per heavy atom. The first-order valence-electron chi connectivity index (χ1n) is 7.81. The molecule has 1 fully saturated rings. The SMILES string of the molecule is O=C1/C(=C/c2c(F)cccc2Br)CCC/C1=C\c1c(F)cccc1Br. The Hall–Kier alpha value is -1.59. The molecule has 1 aliphatic carbocycles. The maximum atomic E-state index is 14.0. The minimum absolute atomic E-state index is 0.156. The molecule has 128 valence electrons. The van der Waals surface area contributed by atoms with Crippen molar-refractivity contribution in [3.63, 3.8) is 0 Å². The lowest BCUT2D eigenvalue weighted by Crippen LogP contribution is -2.12. The maximum Gasteiger partial charge on any atom is 0.185 e. The van der Waals surface area contributed by atoms with E-state index in [0.29, 0.717) is 44.1 Å². The van der Waals surface area contributed by atoms with E-state index in [0.717, 1.165) is 6.42 Å². The lowest BCUT2D eigenvalue weighted by molar-refractivity contribution is -0.112. The summed E-state index contributed by atoms with van der Waals surface area (Å²) in [5.74, 6) is -0.929. The van der Waals surface area contributed by atoms with Crippen molar-refractivity contribution in [2.45, 2.75) is 19.3 Å². The summed E-state index contributed by atoms with van der Waals surface area (Å²) >= 11 is 6.63. The van der Waals surface area contributed by atoms with E-state index in [1.54, 1.807) is 36.4 Å². The minimum atomic E-state index is -0.386. The number of carbonyl (C=O) groups excluding carboxylic acids is 1. The number of ketones is 1. The summed E-state index contributed by atoms with van der Waals surface area (Å²) in [6.45, 7) is 0. The van der Waals surface area contributed by atoms with Crippen LogP contribution in [0.15, 0.2) is 56.5 Å². The largest absolute Gasteiger partial charge is 0.289 e. The van der Waals surface area contributed by atoms with E-state index in [4.69, 9.17) is 0 Å². The van der Waals surface area contributed by atoms with E-state index >= 15 is 0 Å². The number of allylic oxidation sites excluding steroid dienone is 2. The second kappa shape index (κ2) is 7.75. The zero-order valence-corrected chi connectivity index (χ0v) is 16.3. The summed E-state index contributed by atoms with van der Waals surface area (Å²) in [5.41, 5.74) is 1.80. The Morgan fingerprint density at radius 2 is 1.24 bits per heavy atom. The molecule has 0 saturated heterocycles. The van der Waals surface area contributed by atoms with Crippen molar-refractivity contribution in [2.24, 2.45) is 0 Å². The third-order valence-electron chi connectivity index (χ3n) is 4.11. The first-order valence-corrected chi connectivity index (χ1v) is 9.40. The molecule has 0 aromatic heterocycles. The van der Waals surface area contributed by atoms with Crippen LogP contribution in [0.1, 0.15) is 30.4 Å². The molecule has 0 aliphatic heterocycles. The van der Waals surface area contributed by atoms with E-state index in [9.17, 15) is 13.6 Å². The summed E-state index contributed by atoms with van der Waals surface area (Å²) in [6.07, 6.45) is 5.10. The maximum absolute atomic E-state index is 14.0. The highest BCUT2D eigenvalue weighted by Gasteiger charge is 2.22. The van der Waals surface area contributed by atoms with Crippen LogP contribution in [-0.2, 0) is 4.79 Å². The predicted molar refractivity (Wildman–Crippen MR) is 103 cm³/mol. The fourth-order valence-electron chi connectivity index (χ4n) is 2.82. The van der Waals surface area contributed by atoms with Gasteiger partial charge in [0.25, 0.3) is 0 Å². The molecule has 25 heavy (non-hydrogen) atoms. The van der Waals surface area contributed by atoms with Crippen LogP contribution in [0.25, 0.3) is 12.2 Å². The van der Waals surface area contributed by atoms with Crippen molar-refractivity contribution in [3.05, 3.63) is 79.3 Å². The van der Waals surface area contributed by atoms with Crippen molar-refractivity contribution < 1.29 is 13.6 Å². The van der Waals surface area contributed by atoms with Gasteiger partial charge in [0, 0.05) is 31.2 Å². The summed E-state index contributed by atoms with van der Waals surface area (Å²) in [5, 5.41) is 0. The second-order valence-electron chi connectivity index (χ2n) is 5.79. The fraction of sp³-hybridized carbons (Fsp3) is 0.150. The molecule has 1 nitrogen and oxygen atoms in total. The summed E-state index contributed by atoms with van der Waals surface area (Å²) in [6, 6.07) is 9.39. The highest BCUT2D eigenvalue weighted by atomic mass is 79.9. The topological polar surface area (TPSA) is 17.1 Å². The van der Waals surface area contributed by atoms with Crippen LogP contribution in [0.2, 0.25) is 0 Å². The van der Waals surface area contributed by atoms with Crippen molar-refractivity contribution in [3.8, 4) is 0 Å².